The number of nitrogens with zero attached hydrogens (tertiary/aromatic N) is 2. The van der Waals surface area contributed by atoms with Crippen molar-refractivity contribution >= 4 is 16.5 Å². The lowest BCUT2D eigenvalue weighted by molar-refractivity contribution is 0.591. The fraction of sp³-hybridized carbons (Fsp3) is 0.800. The second-order valence-electron chi connectivity index (χ2n) is 6.23. The Morgan fingerprint density at radius 1 is 1.32 bits per heavy atom. The first kappa shape index (κ1) is 14.8. The van der Waals surface area contributed by atoms with Gasteiger partial charge in [-0.05, 0) is 39.5 Å². The summed E-state index contributed by atoms with van der Waals surface area (Å²) in [5.41, 5.74) is 1.19. The number of aryl methyl sites for hydroxylation is 1. The molecule has 0 saturated heterocycles. The number of nitrogens with one attached hydrogen (secondary N) is 1. The lowest BCUT2D eigenvalue weighted by Crippen LogP contribution is -2.32. The van der Waals surface area contributed by atoms with E-state index in [2.05, 4.69) is 44.8 Å². The van der Waals surface area contributed by atoms with Crippen molar-refractivity contribution in [2.45, 2.75) is 66.1 Å². The second-order valence-corrected chi connectivity index (χ2v) is 7.29. The maximum Gasteiger partial charge on any atom is 0.186 e. The number of rotatable bonds is 7. The number of hydrogen-bond acceptors (Lipinski definition) is 4. The molecule has 3 nitrogen and oxygen atoms in total. The van der Waals surface area contributed by atoms with Gasteiger partial charge in [0, 0.05) is 30.1 Å². The topological polar surface area (TPSA) is 28.2 Å². The van der Waals surface area contributed by atoms with E-state index in [1.54, 1.807) is 0 Å². The fourth-order valence-electron chi connectivity index (χ4n) is 2.08. The van der Waals surface area contributed by atoms with Gasteiger partial charge in [0.05, 0.1) is 5.69 Å². The Bertz CT molecular complexity index is 408. The van der Waals surface area contributed by atoms with Gasteiger partial charge in [-0.15, -0.1) is 11.3 Å². The molecule has 19 heavy (non-hydrogen) atoms. The molecule has 4 heteroatoms. The van der Waals surface area contributed by atoms with Gasteiger partial charge >= 0.3 is 0 Å². The number of hydrogen-bond donors (Lipinski definition) is 1. The van der Waals surface area contributed by atoms with Crippen LogP contribution in [0.4, 0.5) is 5.13 Å². The molecule has 1 N–H and O–H groups in total. The summed E-state index contributed by atoms with van der Waals surface area (Å²) in [6, 6.07) is 1.06. The molecule has 0 aliphatic heterocycles. The monoisotopic (exact) mass is 281 g/mol. The van der Waals surface area contributed by atoms with E-state index >= 15 is 0 Å². The Hall–Kier alpha value is -0.610. The third-order valence-electron chi connectivity index (χ3n) is 3.57. The van der Waals surface area contributed by atoms with Crippen LogP contribution < -0.4 is 10.2 Å². The van der Waals surface area contributed by atoms with Crippen LogP contribution in [-0.4, -0.2) is 23.6 Å². The maximum atomic E-state index is 4.80. The molecule has 1 aliphatic rings. The maximum absolute atomic E-state index is 4.80. The molecule has 1 heterocycles. The van der Waals surface area contributed by atoms with Crippen LogP contribution in [0.5, 0.6) is 0 Å². The summed E-state index contributed by atoms with van der Waals surface area (Å²) in [4.78, 5) is 8.66. The first-order valence-electron chi connectivity index (χ1n) is 7.43. The zero-order chi connectivity index (χ0) is 14.0. The van der Waals surface area contributed by atoms with Gasteiger partial charge in [0.1, 0.15) is 0 Å². The van der Waals surface area contributed by atoms with Crippen molar-refractivity contribution < 1.29 is 0 Å². The SMILES string of the molecule is Cc1nc(N(CC2CC2)C(C)C)sc1CNC(C)C. The first-order valence-corrected chi connectivity index (χ1v) is 8.25. The predicted octanol–water partition coefficient (Wildman–Crippen LogP) is 3.57. The molecule has 0 atom stereocenters. The van der Waals surface area contributed by atoms with Gasteiger partial charge in [0.2, 0.25) is 0 Å². The van der Waals surface area contributed by atoms with E-state index in [-0.39, 0.29) is 0 Å². The summed E-state index contributed by atoms with van der Waals surface area (Å²) < 4.78 is 0. The zero-order valence-electron chi connectivity index (χ0n) is 12.9. The summed E-state index contributed by atoms with van der Waals surface area (Å²) in [6.45, 7) is 13.2. The molecule has 0 unspecified atom stereocenters. The largest absolute Gasteiger partial charge is 0.345 e. The first-order chi connectivity index (χ1) is 8.97. The van der Waals surface area contributed by atoms with Crippen LogP contribution in [0, 0.1) is 12.8 Å². The molecule has 0 amide bonds. The molecule has 0 bridgehead atoms. The Morgan fingerprint density at radius 3 is 2.53 bits per heavy atom. The highest BCUT2D eigenvalue weighted by atomic mass is 32.1. The summed E-state index contributed by atoms with van der Waals surface area (Å²) in [6.07, 6.45) is 2.80. The van der Waals surface area contributed by atoms with Crippen molar-refractivity contribution in [1.82, 2.24) is 10.3 Å². The van der Waals surface area contributed by atoms with Crippen LogP contribution in [0.1, 0.15) is 51.1 Å². The number of thiazole rings is 1. The van der Waals surface area contributed by atoms with Crippen molar-refractivity contribution in [3.8, 4) is 0 Å². The standard InChI is InChI=1S/C15H27N3S/c1-10(2)16-8-14-12(5)17-15(19-14)18(11(3)4)9-13-6-7-13/h10-11,13,16H,6-9H2,1-5H3. The van der Waals surface area contributed by atoms with Gasteiger partial charge in [-0.2, -0.15) is 0 Å². The summed E-state index contributed by atoms with van der Waals surface area (Å²) in [5, 5.41) is 4.70. The molecular formula is C15H27N3S. The average molecular weight is 281 g/mol. The summed E-state index contributed by atoms with van der Waals surface area (Å²) in [5.74, 6) is 0.906. The Kier molecular flexibility index (Phi) is 4.85. The smallest absolute Gasteiger partial charge is 0.186 e. The third kappa shape index (κ3) is 4.18. The van der Waals surface area contributed by atoms with Crippen LogP contribution in [0.3, 0.4) is 0 Å². The Balaban J connectivity index is 2.06. The Morgan fingerprint density at radius 2 is 2.00 bits per heavy atom. The average Bonchev–Trinajstić information content (AvgIpc) is 3.07. The van der Waals surface area contributed by atoms with Crippen molar-refractivity contribution in [2.24, 2.45) is 5.92 Å². The van der Waals surface area contributed by atoms with E-state index in [0.29, 0.717) is 12.1 Å². The minimum absolute atomic E-state index is 0.526. The molecule has 108 valence electrons. The zero-order valence-corrected chi connectivity index (χ0v) is 13.7. The normalized spacial score (nSPS) is 15.5. The van der Waals surface area contributed by atoms with Gasteiger partial charge in [-0.25, -0.2) is 4.98 Å². The van der Waals surface area contributed by atoms with Gasteiger partial charge < -0.3 is 10.2 Å². The van der Waals surface area contributed by atoms with Crippen LogP contribution >= 0.6 is 11.3 Å². The van der Waals surface area contributed by atoms with Crippen LogP contribution in [0.15, 0.2) is 0 Å². The van der Waals surface area contributed by atoms with Crippen LogP contribution in [0.2, 0.25) is 0 Å². The molecule has 1 saturated carbocycles. The molecular weight excluding hydrogens is 254 g/mol. The van der Waals surface area contributed by atoms with E-state index < -0.39 is 0 Å². The predicted molar refractivity (Wildman–Crippen MR) is 84.0 cm³/mol. The van der Waals surface area contributed by atoms with E-state index in [0.717, 1.165) is 12.5 Å². The van der Waals surface area contributed by atoms with Crippen molar-refractivity contribution in [1.29, 1.82) is 0 Å². The molecule has 1 aromatic heterocycles. The molecule has 1 aliphatic carbocycles. The minimum Gasteiger partial charge on any atom is -0.345 e. The van der Waals surface area contributed by atoms with E-state index in [1.165, 1.54) is 35.1 Å². The molecule has 1 fully saturated rings. The summed E-state index contributed by atoms with van der Waals surface area (Å²) in [7, 11) is 0. The van der Waals surface area contributed by atoms with E-state index in [4.69, 9.17) is 4.98 Å². The van der Waals surface area contributed by atoms with Crippen LogP contribution in [0.25, 0.3) is 0 Å². The molecule has 1 aromatic rings. The van der Waals surface area contributed by atoms with Gasteiger partial charge in [0.25, 0.3) is 0 Å². The highest BCUT2D eigenvalue weighted by Crippen LogP contribution is 2.34. The molecule has 0 spiro atoms. The highest BCUT2D eigenvalue weighted by molar-refractivity contribution is 7.15. The second kappa shape index (κ2) is 6.23. The molecule has 0 radical (unpaired) electrons. The van der Waals surface area contributed by atoms with Gasteiger partial charge in [-0.3, -0.25) is 0 Å². The third-order valence-corrected chi connectivity index (χ3v) is 4.77. The van der Waals surface area contributed by atoms with Gasteiger partial charge in [-0.1, -0.05) is 13.8 Å². The highest BCUT2D eigenvalue weighted by Gasteiger charge is 2.27. The minimum atomic E-state index is 0.526. The molecule has 0 aromatic carbocycles. The van der Waals surface area contributed by atoms with Crippen LogP contribution in [-0.2, 0) is 6.54 Å². The number of aromatic nitrogens is 1. The quantitative estimate of drug-likeness (QED) is 0.828. The lowest BCUT2D eigenvalue weighted by Gasteiger charge is -2.26. The number of anilines is 1. The van der Waals surface area contributed by atoms with E-state index in [1.807, 2.05) is 11.3 Å². The Labute approximate surface area is 121 Å². The fourth-order valence-corrected chi connectivity index (χ4v) is 3.24. The van der Waals surface area contributed by atoms with Gasteiger partial charge in [0.15, 0.2) is 5.13 Å². The summed E-state index contributed by atoms with van der Waals surface area (Å²) >= 11 is 1.86. The van der Waals surface area contributed by atoms with E-state index in [9.17, 15) is 0 Å². The van der Waals surface area contributed by atoms with Crippen molar-refractivity contribution in [2.75, 3.05) is 11.4 Å². The lowest BCUT2D eigenvalue weighted by atomic mass is 10.3. The van der Waals surface area contributed by atoms with Crippen molar-refractivity contribution in [3.05, 3.63) is 10.6 Å². The van der Waals surface area contributed by atoms with Crippen molar-refractivity contribution in [3.63, 3.8) is 0 Å². The molecule has 2 rings (SSSR count).